The zero-order chi connectivity index (χ0) is 21.6. The van der Waals surface area contributed by atoms with Gasteiger partial charge in [-0.1, -0.05) is 37.3 Å². The van der Waals surface area contributed by atoms with Crippen LogP contribution in [0.25, 0.3) is 0 Å². The van der Waals surface area contributed by atoms with Gasteiger partial charge in [-0.05, 0) is 31.4 Å². The van der Waals surface area contributed by atoms with Gasteiger partial charge in [0.2, 0.25) is 5.91 Å². The molecule has 0 spiro atoms. The minimum Gasteiger partial charge on any atom is -0.369 e. The van der Waals surface area contributed by atoms with Crippen LogP contribution in [0.15, 0.2) is 47.4 Å². The Kier molecular flexibility index (Phi) is 7.02. The van der Waals surface area contributed by atoms with Crippen LogP contribution in [-0.2, 0) is 11.3 Å². The standard InChI is InChI=1S/C24H33N5O2/c1-2-10-26-12-14-27(15-13-26)24(31)21-9-6-11-28(19-21)22-16-23(30)29(25-17-22)18-20-7-4-3-5-8-20/h3-5,7-8,16-17,21H,2,6,9-15,18-19H2,1H3. The molecule has 1 atom stereocenters. The molecule has 1 unspecified atom stereocenters. The highest BCUT2D eigenvalue weighted by molar-refractivity contribution is 5.80. The summed E-state index contributed by atoms with van der Waals surface area (Å²) in [5, 5.41) is 4.40. The molecule has 2 aliphatic heterocycles. The highest BCUT2D eigenvalue weighted by Crippen LogP contribution is 2.24. The van der Waals surface area contributed by atoms with Crippen molar-refractivity contribution < 1.29 is 4.79 Å². The summed E-state index contributed by atoms with van der Waals surface area (Å²) in [5.74, 6) is 0.268. The van der Waals surface area contributed by atoms with E-state index in [4.69, 9.17) is 0 Å². The Labute approximate surface area is 184 Å². The molecule has 7 nitrogen and oxygen atoms in total. The highest BCUT2D eigenvalue weighted by atomic mass is 16.2. The van der Waals surface area contributed by atoms with Crippen LogP contribution >= 0.6 is 0 Å². The van der Waals surface area contributed by atoms with Crippen molar-refractivity contribution in [2.45, 2.75) is 32.7 Å². The summed E-state index contributed by atoms with van der Waals surface area (Å²) in [6.07, 6.45) is 4.80. The number of piperazine rings is 1. The van der Waals surface area contributed by atoms with Gasteiger partial charge in [0.1, 0.15) is 0 Å². The molecule has 3 heterocycles. The lowest BCUT2D eigenvalue weighted by Crippen LogP contribution is -2.52. The van der Waals surface area contributed by atoms with Gasteiger partial charge in [0.05, 0.1) is 24.3 Å². The fourth-order valence-electron chi connectivity index (χ4n) is 4.65. The van der Waals surface area contributed by atoms with Gasteiger partial charge in [0, 0.05) is 45.3 Å². The molecule has 2 fully saturated rings. The molecule has 7 heteroatoms. The predicted molar refractivity (Wildman–Crippen MR) is 122 cm³/mol. The van der Waals surface area contributed by atoms with Crippen molar-refractivity contribution in [2.75, 3.05) is 50.7 Å². The first-order valence-corrected chi connectivity index (χ1v) is 11.5. The molecule has 166 valence electrons. The Balaban J connectivity index is 1.37. The van der Waals surface area contributed by atoms with Gasteiger partial charge in [0.25, 0.3) is 5.56 Å². The van der Waals surface area contributed by atoms with E-state index in [1.807, 2.05) is 35.2 Å². The molecule has 4 rings (SSSR count). The number of benzene rings is 1. The Morgan fingerprint density at radius 1 is 1.10 bits per heavy atom. The summed E-state index contributed by atoms with van der Waals surface area (Å²) in [6.45, 7) is 8.89. The predicted octanol–water partition coefficient (Wildman–Crippen LogP) is 2.06. The Bertz CT molecular complexity index is 921. The molecule has 0 bridgehead atoms. The molecule has 2 aliphatic rings. The Morgan fingerprint density at radius 3 is 2.58 bits per heavy atom. The number of hydrogen-bond donors (Lipinski definition) is 0. The third kappa shape index (κ3) is 5.34. The van der Waals surface area contributed by atoms with Crippen LogP contribution in [0.5, 0.6) is 0 Å². The minimum absolute atomic E-state index is 0.00164. The number of carbonyl (C=O) groups excluding carboxylic acids is 1. The highest BCUT2D eigenvalue weighted by Gasteiger charge is 2.31. The number of rotatable bonds is 6. The molecule has 0 radical (unpaired) electrons. The van der Waals surface area contributed by atoms with E-state index in [2.05, 4.69) is 21.8 Å². The van der Waals surface area contributed by atoms with E-state index in [1.165, 1.54) is 4.68 Å². The number of piperidine rings is 1. The summed E-state index contributed by atoms with van der Waals surface area (Å²) < 4.78 is 1.49. The lowest BCUT2D eigenvalue weighted by atomic mass is 9.96. The molecule has 2 saturated heterocycles. The van der Waals surface area contributed by atoms with Crippen molar-refractivity contribution in [3.05, 3.63) is 58.5 Å². The molecule has 1 aromatic carbocycles. The van der Waals surface area contributed by atoms with E-state index >= 15 is 0 Å². The molecule has 0 saturated carbocycles. The van der Waals surface area contributed by atoms with Gasteiger partial charge < -0.3 is 9.80 Å². The van der Waals surface area contributed by atoms with Crippen LogP contribution in [0.2, 0.25) is 0 Å². The number of nitrogens with zero attached hydrogens (tertiary/aromatic N) is 5. The first-order valence-electron chi connectivity index (χ1n) is 11.5. The first-order chi connectivity index (χ1) is 15.1. The maximum absolute atomic E-state index is 13.1. The van der Waals surface area contributed by atoms with Crippen molar-refractivity contribution in [3.63, 3.8) is 0 Å². The topological polar surface area (TPSA) is 61.7 Å². The van der Waals surface area contributed by atoms with Crippen molar-refractivity contribution in [3.8, 4) is 0 Å². The van der Waals surface area contributed by atoms with Crippen molar-refractivity contribution >= 4 is 11.6 Å². The van der Waals surface area contributed by atoms with E-state index in [0.717, 1.165) is 69.8 Å². The maximum atomic E-state index is 13.1. The molecule has 31 heavy (non-hydrogen) atoms. The van der Waals surface area contributed by atoms with Crippen LogP contribution in [0.4, 0.5) is 5.69 Å². The molecular weight excluding hydrogens is 390 g/mol. The minimum atomic E-state index is -0.109. The summed E-state index contributed by atoms with van der Waals surface area (Å²) in [5.41, 5.74) is 1.76. The zero-order valence-electron chi connectivity index (χ0n) is 18.4. The molecular formula is C24H33N5O2. The molecule has 1 amide bonds. The second-order valence-corrected chi connectivity index (χ2v) is 8.65. The normalized spacial score (nSPS) is 20.1. The van der Waals surface area contributed by atoms with Gasteiger partial charge >= 0.3 is 0 Å². The third-order valence-electron chi connectivity index (χ3n) is 6.39. The third-order valence-corrected chi connectivity index (χ3v) is 6.39. The fourth-order valence-corrected chi connectivity index (χ4v) is 4.65. The maximum Gasteiger partial charge on any atom is 0.269 e. The Hall–Kier alpha value is -2.67. The summed E-state index contributed by atoms with van der Waals surface area (Å²) in [6, 6.07) is 11.5. The smallest absolute Gasteiger partial charge is 0.269 e. The quantitative estimate of drug-likeness (QED) is 0.712. The zero-order valence-corrected chi connectivity index (χ0v) is 18.4. The number of aromatic nitrogens is 2. The van der Waals surface area contributed by atoms with E-state index in [9.17, 15) is 9.59 Å². The Morgan fingerprint density at radius 2 is 1.87 bits per heavy atom. The van der Waals surface area contributed by atoms with Gasteiger partial charge in [-0.2, -0.15) is 5.10 Å². The van der Waals surface area contributed by atoms with Crippen molar-refractivity contribution in [1.82, 2.24) is 19.6 Å². The second-order valence-electron chi connectivity index (χ2n) is 8.65. The van der Waals surface area contributed by atoms with Gasteiger partial charge in [-0.15, -0.1) is 0 Å². The van der Waals surface area contributed by atoms with E-state index in [-0.39, 0.29) is 17.4 Å². The summed E-state index contributed by atoms with van der Waals surface area (Å²) in [4.78, 5) is 32.4. The lowest BCUT2D eigenvalue weighted by molar-refractivity contribution is -0.137. The monoisotopic (exact) mass is 423 g/mol. The van der Waals surface area contributed by atoms with E-state index in [0.29, 0.717) is 13.1 Å². The van der Waals surface area contributed by atoms with E-state index in [1.54, 1.807) is 12.3 Å². The second kappa shape index (κ2) is 10.1. The summed E-state index contributed by atoms with van der Waals surface area (Å²) >= 11 is 0. The molecule has 0 N–H and O–H groups in total. The van der Waals surface area contributed by atoms with Crippen LogP contribution in [0, 0.1) is 5.92 Å². The fraction of sp³-hybridized carbons (Fsp3) is 0.542. The first kappa shape index (κ1) is 21.6. The number of hydrogen-bond acceptors (Lipinski definition) is 5. The molecule has 0 aliphatic carbocycles. The largest absolute Gasteiger partial charge is 0.369 e. The SMILES string of the molecule is CCCN1CCN(C(=O)C2CCCN(c3cnn(Cc4ccccc4)c(=O)c3)C2)CC1. The van der Waals surface area contributed by atoms with Gasteiger partial charge in [-0.3, -0.25) is 14.5 Å². The van der Waals surface area contributed by atoms with Crippen LogP contribution in [-0.4, -0.2) is 71.3 Å². The average Bonchev–Trinajstić information content (AvgIpc) is 2.81. The number of amides is 1. The molecule has 2 aromatic rings. The van der Waals surface area contributed by atoms with E-state index < -0.39 is 0 Å². The summed E-state index contributed by atoms with van der Waals surface area (Å²) in [7, 11) is 0. The van der Waals surface area contributed by atoms with Crippen LogP contribution in [0.3, 0.4) is 0 Å². The molecule has 1 aromatic heterocycles. The lowest BCUT2D eigenvalue weighted by Gasteiger charge is -2.39. The average molecular weight is 424 g/mol. The van der Waals surface area contributed by atoms with Crippen molar-refractivity contribution in [2.24, 2.45) is 5.92 Å². The van der Waals surface area contributed by atoms with Crippen LogP contribution in [0.1, 0.15) is 31.7 Å². The van der Waals surface area contributed by atoms with Gasteiger partial charge in [0.15, 0.2) is 0 Å². The van der Waals surface area contributed by atoms with Gasteiger partial charge in [-0.25, -0.2) is 4.68 Å². The van der Waals surface area contributed by atoms with Crippen LogP contribution < -0.4 is 10.5 Å². The number of carbonyl (C=O) groups is 1. The van der Waals surface area contributed by atoms with Crippen molar-refractivity contribution in [1.29, 1.82) is 0 Å². The number of anilines is 1.